The first-order valence-corrected chi connectivity index (χ1v) is 8.55. The molecule has 0 aromatic rings. The van der Waals surface area contributed by atoms with Gasteiger partial charge in [0.1, 0.15) is 0 Å². The van der Waals surface area contributed by atoms with E-state index in [0.29, 0.717) is 17.4 Å². The standard InChI is InChI=1S/C11H21BrO2S/c1-11(2,8-12)9-15(13,14)7-10-5-3-4-6-10/h10H,3-9H2,1-2H3. The normalized spacial score (nSPS) is 19.7. The van der Waals surface area contributed by atoms with Gasteiger partial charge >= 0.3 is 0 Å². The molecule has 0 heterocycles. The molecule has 1 rings (SSSR count). The Morgan fingerprint density at radius 2 is 1.80 bits per heavy atom. The average molecular weight is 297 g/mol. The first kappa shape index (κ1) is 13.5. The average Bonchev–Trinajstić information content (AvgIpc) is 2.54. The van der Waals surface area contributed by atoms with Gasteiger partial charge in [0.2, 0.25) is 0 Å². The zero-order chi connectivity index (χ0) is 11.5. The van der Waals surface area contributed by atoms with E-state index in [1.807, 2.05) is 13.8 Å². The van der Waals surface area contributed by atoms with Crippen LogP contribution in [0.5, 0.6) is 0 Å². The van der Waals surface area contributed by atoms with Crippen LogP contribution in [0, 0.1) is 11.3 Å². The van der Waals surface area contributed by atoms with Crippen LogP contribution in [-0.4, -0.2) is 25.3 Å². The summed E-state index contributed by atoms with van der Waals surface area (Å²) in [4.78, 5) is 0. The highest BCUT2D eigenvalue weighted by Crippen LogP contribution is 2.28. The molecule has 1 aliphatic carbocycles. The molecule has 15 heavy (non-hydrogen) atoms. The van der Waals surface area contributed by atoms with Gasteiger partial charge in [-0.15, -0.1) is 0 Å². The van der Waals surface area contributed by atoms with Gasteiger partial charge in [-0.25, -0.2) is 8.42 Å². The summed E-state index contributed by atoms with van der Waals surface area (Å²) in [7, 11) is -2.86. The van der Waals surface area contributed by atoms with Crippen LogP contribution in [0.2, 0.25) is 0 Å². The highest BCUT2D eigenvalue weighted by molar-refractivity contribution is 9.09. The highest BCUT2D eigenvalue weighted by atomic mass is 79.9. The summed E-state index contributed by atoms with van der Waals surface area (Å²) in [5.74, 6) is 1.15. The molecule has 0 spiro atoms. The van der Waals surface area contributed by atoms with Gasteiger partial charge in [0, 0.05) is 5.33 Å². The first-order valence-electron chi connectivity index (χ1n) is 5.61. The maximum absolute atomic E-state index is 11.9. The molecule has 0 saturated heterocycles. The minimum atomic E-state index is -2.86. The van der Waals surface area contributed by atoms with E-state index < -0.39 is 9.84 Å². The molecule has 0 aromatic heterocycles. The first-order chi connectivity index (χ1) is 6.85. The van der Waals surface area contributed by atoms with E-state index in [1.54, 1.807) is 0 Å². The summed E-state index contributed by atoms with van der Waals surface area (Å²) in [5, 5.41) is 0.740. The predicted molar refractivity (Wildman–Crippen MR) is 68.2 cm³/mol. The van der Waals surface area contributed by atoms with Gasteiger partial charge in [0.15, 0.2) is 9.84 Å². The van der Waals surface area contributed by atoms with Crippen molar-refractivity contribution < 1.29 is 8.42 Å². The van der Waals surface area contributed by atoms with Crippen LogP contribution < -0.4 is 0 Å². The summed E-state index contributed by atoms with van der Waals surface area (Å²) in [5.41, 5.74) is -0.141. The Hall–Kier alpha value is 0.430. The molecule has 90 valence electrons. The van der Waals surface area contributed by atoms with Crippen molar-refractivity contribution in [3.05, 3.63) is 0 Å². The SMILES string of the molecule is CC(C)(CBr)CS(=O)(=O)CC1CCCC1. The third kappa shape index (κ3) is 4.85. The molecule has 0 N–H and O–H groups in total. The molecule has 0 bridgehead atoms. The number of alkyl halides is 1. The molecule has 0 unspecified atom stereocenters. The third-order valence-corrected chi connectivity index (χ3v) is 6.66. The quantitative estimate of drug-likeness (QED) is 0.731. The van der Waals surface area contributed by atoms with E-state index >= 15 is 0 Å². The zero-order valence-corrected chi connectivity index (χ0v) is 12.0. The van der Waals surface area contributed by atoms with Gasteiger partial charge in [-0.1, -0.05) is 42.6 Å². The second-order valence-electron chi connectivity index (χ2n) is 5.50. The van der Waals surface area contributed by atoms with Crippen LogP contribution in [0.15, 0.2) is 0 Å². The van der Waals surface area contributed by atoms with Crippen molar-refractivity contribution in [2.24, 2.45) is 11.3 Å². The van der Waals surface area contributed by atoms with Crippen LogP contribution in [0.25, 0.3) is 0 Å². The second-order valence-corrected chi connectivity index (χ2v) is 8.17. The topological polar surface area (TPSA) is 34.1 Å². The summed E-state index contributed by atoms with van der Waals surface area (Å²) in [6.07, 6.45) is 4.63. The lowest BCUT2D eigenvalue weighted by Crippen LogP contribution is -2.29. The summed E-state index contributed by atoms with van der Waals surface area (Å²) in [6.45, 7) is 3.99. The van der Waals surface area contributed by atoms with Gasteiger partial charge in [-0.3, -0.25) is 0 Å². The van der Waals surface area contributed by atoms with E-state index in [9.17, 15) is 8.42 Å². The molecule has 0 atom stereocenters. The molecule has 0 aliphatic heterocycles. The fourth-order valence-electron chi connectivity index (χ4n) is 2.23. The largest absolute Gasteiger partial charge is 0.229 e. The second kappa shape index (κ2) is 5.17. The van der Waals surface area contributed by atoms with Crippen LogP contribution in [0.1, 0.15) is 39.5 Å². The van der Waals surface area contributed by atoms with Gasteiger partial charge in [0.25, 0.3) is 0 Å². The molecule has 4 heteroatoms. The van der Waals surface area contributed by atoms with Crippen molar-refractivity contribution >= 4 is 25.8 Å². The van der Waals surface area contributed by atoms with Gasteiger partial charge in [-0.2, -0.15) is 0 Å². The lowest BCUT2D eigenvalue weighted by Gasteiger charge is -2.22. The molecule has 0 aromatic carbocycles. The molecule has 1 fully saturated rings. The molecule has 2 nitrogen and oxygen atoms in total. The number of rotatable bonds is 5. The number of hydrogen-bond donors (Lipinski definition) is 0. The lowest BCUT2D eigenvalue weighted by molar-refractivity contribution is 0.469. The van der Waals surface area contributed by atoms with E-state index in [2.05, 4.69) is 15.9 Å². The third-order valence-electron chi connectivity index (χ3n) is 2.94. The smallest absolute Gasteiger partial charge is 0.151 e. The monoisotopic (exact) mass is 296 g/mol. The van der Waals surface area contributed by atoms with Crippen molar-refractivity contribution in [1.29, 1.82) is 0 Å². The van der Waals surface area contributed by atoms with Crippen LogP contribution in [0.4, 0.5) is 0 Å². The molecule has 0 amide bonds. The number of hydrogen-bond acceptors (Lipinski definition) is 2. The number of sulfone groups is 1. The fraction of sp³-hybridized carbons (Fsp3) is 1.00. The molecular formula is C11H21BrO2S. The predicted octanol–water partition coefficient (Wildman–Crippen LogP) is 3.01. The Labute approximate surface area is 102 Å². The Bertz CT molecular complexity index is 290. The highest BCUT2D eigenvalue weighted by Gasteiger charge is 2.28. The van der Waals surface area contributed by atoms with E-state index in [-0.39, 0.29) is 5.41 Å². The van der Waals surface area contributed by atoms with Crippen molar-refractivity contribution in [3.8, 4) is 0 Å². The zero-order valence-electron chi connectivity index (χ0n) is 9.63. The van der Waals surface area contributed by atoms with Gasteiger partial charge < -0.3 is 0 Å². The molecule has 1 aliphatic rings. The van der Waals surface area contributed by atoms with E-state index in [0.717, 1.165) is 18.2 Å². The Morgan fingerprint density at radius 3 is 2.27 bits per heavy atom. The summed E-state index contributed by atoms with van der Waals surface area (Å²) >= 11 is 3.37. The van der Waals surface area contributed by atoms with Gasteiger partial charge in [-0.05, 0) is 24.2 Å². The minimum absolute atomic E-state index is 0.141. The molecule has 0 radical (unpaired) electrons. The van der Waals surface area contributed by atoms with Crippen molar-refractivity contribution in [2.75, 3.05) is 16.8 Å². The van der Waals surface area contributed by atoms with Crippen LogP contribution >= 0.6 is 15.9 Å². The maximum Gasteiger partial charge on any atom is 0.151 e. The number of halogens is 1. The Morgan fingerprint density at radius 1 is 1.27 bits per heavy atom. The lowest BCUT2D eigenvalue weighted by atomic mass is 10.0. The van der Waals surface area contributed by atoms with E-state index in [1.165, 1.54) is 12.8 Å². The maximum atomic E-state index is 11.9. The minimum Gasteiger partial charge on any atom is -0.229 e. The van der Waals surface area contributed by atoms with Crippen molar-refractivity contribution in [1.82, 2.24) is 0 Å². The van der Waals surface area contributed by atoms with E-state index in [4.69, 9.17) is 0 Å². The van der Waals surface area contributed by atoms with Crippen LogP contribution in [0.3, 0.4) is 0 Å². The van der Waals surface area contributed by atoms with Crippen molar-refractivity contribution in [2.45, 2.75) is 39.5 Å². The fourth-order valence-corrected chi connectivity index (χ4v) is 5.15. The Balaban J connectivity index is 2.51. The molecule has 1 saturated carbocycles. The van der Waals surface area contributed by atoms with Crippen molar-refractivity contribution in [3.63, 3.8) is 0 Å². The Kier molecular flexibility index (Phi) is 4.65. The molecular weight excluding hydrogens is 276 g/mol. The van der Waals surface area contributed by atoms with Crippen LogP contribution in [-0.2, 0) is 9.84 Å². The van der Waals surface area contributed by atoms with Gasteiger partial charge in [0.05, 0.1) is 11.5 Å². The summed E-state index contributed by atoms with van der Waals surface area (Å²) in [6, 6.07) is 0. The summed E-state index contributed by atoms with van der Waals surface area (Å²) < 4.78 is 23.9.